The molecule has 0 spiro atoms. The Labute approximate surface area is 217 Å². The van der Waals surface area contributed by atoms with E-state index in [1.807, 2.05) is 0 Å². The molecule has 2 aromatic heterocycles. The molecule has 1 amide bonds. The van der Waals surface area contributed by atoms with Crippen LogP contribution in [0.15, 0.2) is 68.8 Å². The summed E-state index contributed by atoms with van der Waals surface area (Å²) >= 11 is 4.41. The summed E-state index contributed by atoms with van der Waals surface area (Å²) in [4.78, 5) is 46.1. The van der Waals surface area contributed by atoms with Crippen molar-refractivity contribution in [3.8, 4) is 5.75 Å². The van der Waals surface area contributed by atoms with Crippen molar-refractivity contribution >= 4 is 55.2 Å². The summed E-state index contributed by atoms with van der Waals surface area (Å²) in [6, 6.07) is 11.3. The van der Waals surface area contributed by atoms with Crippen LogP contribution in [0.2, 0.25) is 0 Å². The number of aromatic nitrogens is 1. The molecule has 0 fully saturated rings. The summed E-state index contributed by atoms with van der Waals surface area (Å²) in [6.45, 7) is 5.26. The number of halogens is 1. The molecule has 182 valence electrons. The molecule has 4 aromatic rings. The monoisotopic (exact) mass is 566 g/mol. The third-order valence-electron chi connectivity index (χ3n) is 5.77. The third-order valence-corrected chi connectivity index (χ3v) is 7.40. The molecule has 8 nitrogen and oxygen atoms in total. The van der Waals surface area contributed by atoms with Crippen LogP contribution < -0.4 is 15.1 Å². The van der Waals surface area contributed by atoms with Gasteiger partial charge in [-0.05, 0) is 42.8 Å². The number of ether oxygens (including phenoxy) is 2. The third kappa shape index (κ3) is 3.92. The minimum atomic E-state index is -0.819. The Balaban J connectivity index is 1.71. The fraction of sp³-hybridized carbons (Fsp3) is 0.154. The first-order valence-corrected chi connectivity index (χ1v) is 12.4. The van der Waals surface area contributed by atoms with Gasteiger partial charge in [0.25, 0.3) is 5.91 Å². The Morgan fingerprint density at radius 2 is 2.00 bits per heavy atom. The Kier molecular flexibility index (Phi) is 6.23. The molecule has 1 atom stereocenters. The van der Waals surface area contributed by atoms with E-state index in [1.54, 1.807) is 56.5 Å². The van der Waals surface area contributed by atoms with E-state index in [9.17, 15) is 14.4 Å². The Hall–Kier alpha value is -3.76. The number of fused-ring (bicyclic) bond motifs is 2. The van der Waals surface area contributed by atoms with Crippen LogP contribution in [0.1, 0.15) is 43.1 Å². The standard InChI is InChI=1S/C26H19BrN2O6S/c1-4-11-34-25(32)23-13(2)28-26(36-23)29-20(14-5-8-16(33-3)9-6-14)19-21(30)17-12-15(27)7-10-18(17)35-22(19)24(29)31/h4-10,12,20H,1,11H2,2-3H3. The van der Waals surface area contributed by atoms with E-state index < -0.39 is 17.9 Å². The zero-order valence-corrected chi connectivity index (χ0v) is 21.6. The lowest BCUT2D eigenvalue weighted by molar-refractivity contribution is 0.0554. The molecule has 0 saturated heterocycles. The van der Waals surface area contributed by atoms with Gasteiger partial charge in [0, 0.05) is 4.47 Å². The number of thiazole rings is 1. The minimum Gasteiger partial charge on any atom is -0.497 e. The first-order chi connectivity index (χ1) is 17.3. The van der Waals surface area contributed by atoms with Crippen LogP contribution in [-0.2, 0) is 4.74 Å². The molecule has 1 unspecified atom stereocenters. The highest BCUT2D eigenvalue weighted by Crippen LogP contribution is 2.43. The van der Waals surface area contributed by atoms with Crippen LogP contribution in [0.4, 0.5) is 5.13 Å². The van der Waals surface area contributed by atoms with E-state index in [0.717, 1.165) is 11.3 Å². The first-order valence-electron chi connectivity index (χ1n) is 10.8. The van der Waals surface area contributed by atoms with Gasteiger partial charge in [0.1, 0.15) is 22.8 Å². The molecule has 3 heterocycles. The summed E-state index contributed by atoms with van der Waals surface area (Å²) in [5.41, 5.74) is 1.26. The molecule has 36 heavy (non-hydrogen) atoms. The van der Waals surface area contributed by atoms with Crippen LogP contribution in [0.3, 0.4) is 0 Å². The van der Waals surface area contributed by atoms with Gasteiger partial charge >= 0.3 is 5.97 Å². The molecule has 2 aromatic carbocycles. The maximum absolute atomic E-state index is 13.7. The summed E-state index contributed by atoms with van der Waals surface area (Å²) in [5, 5.41) is 0.597. The van der Waals surface area contributed by atoms with Crippen LogP contribution >= 0.6 is 27.3 Å². The maximum atomic E-state index is 13.7. The van der Waals surface area contributed by atoms with Crippen molar-refractivity contribution < 1.29 is 23.5 Å². The number of aryl methyl sites for hydroxylation is 1. The average molecular weight is 567 g/mol. The molecule has 5 rings (SSSR count). The molecule has 1 aliphatic heterocycles. The van der Waals surface area contributed by atoms with Gasteiger partial charge in [0.15, 0.2) is 10.6 Å². The molecule has 1 aliphatic rings. The second-order valence-electron chi connectivity index (χ2n) is 7.96. The van der Waals surface area contributed by atoms with E-state index in [2.05, 4.69) is 27.5 Å². The first kappa shape index (κ1) is 24.0. The predicted molar refractivity (Wildman–Crippen MR) is 139 cm³/mol. The lowest BCUT2D eigenvalue weighted by Gasteiger charge is -2.22. The van der Waals surface area contributed by atoms with Crippen LogP contribution in [0, 0.1) is 6.92 Å². The van der Waals surface area contributed by atoms with Gasteiger partial charge in [-0.15, -0.1) is 0 Å². The van der Waals surface area contributed by atoms with E-state index in [-0.39, 0.29) is 33.4 Å². The molecule has 0 bridgehead atoms. The van der Waals surface area contributed by atoms with Crippen molar-refractivity contribution in [1.82, 2.24) is 4.98 Å². The second kappa shape index (κ2) is 9.36. The summed E-state index contributed by atoms with van der Waals surface area (Å²) < 4.78 is 17.1. The van der Waals surface area contributed by atoms with Gasteiger partial charge in [-0.25, -0.2) is 9.78 Å². The number of nitrogens with zero attached hydrogens (tertiary/aromatic N) is 2. The smallest absolute Gasteiger partial charge is 0.350 e. The quantitative estimate of drug-likeness (QED) is 0.227. The highest BCUT2D eigenvalue weighted by atomic mass is 79.9. The Morgan fingerprint density at radius 3 is 2.69 bits per heavy atom. The van der Waals surface area contributed by atoms with Crippen molar-refractivity contribution in [3.05, 3.63) is 97.3 Å². The highest BCUT2D eigenvalue weighted by molar-refractivity contribution is 9.10. The number of benzene rings is 2. The fourth-order valence-electron chi connectivity index (χ4n) is 4.12. The summed E-state index contributed by atoms with van der Waals surface area (Å²) in [5.74, 6) is -0.514. The van der Waals surface area contributed by atoms with Gasteiger partial charge in [-0.1, -0.05) is 52.1 Å². The molecule has 0 aliphatic carbocycles. The molecule has 0 saturated carbocycles. The fourth-order valence-corrected chi connectivity index (χ4v) is 5.47. The van der Waals surface area contributed by atoms with Crippen molar-refractivity contribution in [3.63, 3.8) is 0 Å². The van der Waals surface area contributed by atoms with Crippen LogP contribution in [0.25, 0.3) is 11.0 Å². The molecular formula is C26H19BrN2O6S. The Bertz CT molecular complexity index is 1590. The van der Waals surface area contributed by atoms with Crippen molar-refractivity contribution in [1.29, 1.82) is 0 Å². The summed E-state index contributed by atoms with van der Waals surface area (Å²) in [7, 11) is 1.56. The number of rotatable bonds is 6. The topological polar surface area (TPSA) is 98.9 Å². The minimum absolute atomic E-state index is 0.0502. The number of carbonyl (C=O) groups is 2. The number of anilines is 1. The van der Waals surface area contributed by atoms with Gasteiger partial charge in [-0.3, -0.25) is 14.5 Å². The van der Waals surface area contributed by atoms with Gasteiger partial charge in [-0.2, -0.15) is 0 Å². The van der Waals surface area contributed by atoms with Crippen molar-refractivity contribution in [2.45, 2.75) is 13.0 Å². The van der Waals surface area contributed by atoms with Gasteiger partial charge in [0.2, 0.25) is 5.76 Å². The van der Waals surface area contributed by atoms with Gasteiger partial charge < -0.3 is 13.9 Å². The molecule has 10 heteroatoms. The zero-order chi connectivity index (χ0) is 25.6. The van der Waals surface area contributed by atoms with Crippen LogP contribution in [0.5, 0.6) is 5.75 Å². The van der Waals surface area contributed by atoms with E-state index in [4.69, 9.17) is 13.9 Å². The molecule has 0 radical (unpaired) electrons. The number of methoxy groups -OCH3 is 1. The highest BCUT2D eigenvalue weighted by Gasteiger charge is 2.45. The number of amides is 1. The zero-order valence-electron chi connectivity index (χ0n) is 19.2. The lowest BCUT2D eigenvalue weighted by atomic mass is 9.98. The normalized spacial score (nSPS) is 14.7. The molecule has 0 N–H and O–H groups in total. The average Bonchev–Trinajstić information content (AvgIpc) is 3.40. The Morgan fingerprint density at radius 1 is 1.25 bits per heavy atom. The van der Waals surface area contributed by atoms with Gasteiger partial charge in [0.05, 0.1) is 29.8 Å². The maximum Gasteiger partial charge on any atom is 0.350 e. The number of esters is 1. The van der Waals surface area contributed by atoms with Crippen molar-refractivity contribution in [2.75, 3.05) is 18.6 Å². The number of hydrogen-bond acceptors (Lipinski definition) is 8. The number of carbonyl (C=O) groups excluding carboxylic acids is 2. The number of hydrogen-bond donors (Lipinski definition) is 0. The van der Waals surface area contributed by atoms with E-state index in [1.165, 1.54) is 11.0 Å². The largest absolute Gasteiger partial charge is 0.497 e. The van der Waals surface area contributed by atoms with E-state index in [0.29, 0.717) is 32.4 Å². The molecular weight excluding hydrogens is 548 g/mol. The second-order valence-corrected chi connectivity index (χ2v) is 9.86. The predicted octanol–water partition coefficient (Wildman–Crippen LogP) is 5.42. The van der Waals surface area contributed by atoms with Crippen LogP contribution in [-0.4, -0.2) is 30.6 Å². The lowest BCUT2D eigenvalue weighted by Crippen LogP contribution is -2.29. The SMILES string of the molecule is C=CCOC(=O)c1sc(N2C(=O)c3oc4ccc(Br)cc4c(=O)c3C2c2ccc(OC)cc2)nc1C. The van der Waals surface area contributed by atoms with Crippen molar-refractivity contribution in [2.24, 2.45) is 0 Å². The van der Waals surface area contributed by atoms with E-state index >= 15 is 0 Å². The summed E-state index contributed by atoms with van der Waals surface area (Å²) in [6.07, 6.45) is 1.47.